The highest BCUT2D eigenvalue weighted by Crippen LogP contribution is 2.29. The first kappa shape index (κ1) is 13.5. The number of rotatable bonds is 2. The van der Waals surface area contributed by atoms with Crippen molar-refractivity contribution in [2.24, 2.45) is 5.92 Å². The smallest absolute Gasteiger partial charge is 0.231 e. The molecule has 4 nitrogen and oxygen atoms in total. The Kier molecular flexibility index (Phi) is 3.73. The van der Waals surface area contributed by atoms with Gasteiger partial charge in [0.05, 0.1) is 17.7 Å². The number of thiazole rings is 1. The van der Waals surface area contributed by atoms with Crippen LogP contribution < -0.4 is 5.32 Å². The number of anilines is 1. The van der Waals surface area contributed by atoms with E-state index in [0.29, 0.717) is 5.13 Å². The molecule has 2 unspecified atom stereocenters. The highest BCUT2D eigenvalue weighted by Gasteiger charge is 2.32. The quantitative estimate of drug-likeness (QED) is 0.866. The molecule has 5 heteroatoms. The first-order valence-corrected chi connectivity index (χ1v) is 7.21. The lowest BCUT2D eigenvalue weighted by molar-refractivity contribution is -0.122. The summed E-state index contributed by atoms with van der Waals surface area (Å²) in [4.78, 5) is 16.4. The Bertz CT molecular complexity index is 436. The minimum Gasteiger partial charge on any atom is -0.392 e. The van der Waals surface area contributed by atoms with Gasteiger partial charge in [-0.3, -0.25) is 4.79 Å². The maximum Gasteiger partial charge on any atom is 0.231 e. The molecule has 0 bridgehead atoms. The van der Waals surface area contributed by atoms with E-state index >= 15 is 0 Å². The molecular weight excluding hydrogens is 248 g/mol. The normalized spacial score (nSPS) is 24.2. The molecule has 1 fully saturated rings. The molecule has 2 N–H and O–H groups in total. The maximum absolute atomic E-state index is 12.0. The van der Waals surface area contributed by atoms with Crippen LogP contribution in [0.5, 0.6) is 0 Å². The zero-order valence-electron chi connectivity index (χ0n) is 11.1. The van der Waals surface area contributed by atoms with Gasteiger partial charge < -0.3 is 10.4 Å². The van der Waals surface area contributed by atoms with Crippen molar-refractivity contribution in [1.82, 2.24) is 4.98 Å². The van der Waals surface area contributed by atoms with Crippen LogP contribution >= 0.6 is 11.3 Å². The third-order valence-corrected chi connectivity index (χ3v) is 4.08. The average molecular weight is 268 g/mol. The lowest BCUT2D eigenvalue weighted by Crippen LogP contribution is -2.28. The summed E-state index contributed by atoms with van der Waals surface area (Å²) in [6.07, 6.45) is 1.92. The van der Waals surface area contributed by atoms with E-state index in [-0.39, 0.29) is 17.2 Å². The van der Waals surface area contributed by atoms with E-state index < -0.39 is 6.10 Å². The monoisotopic (exact) mass is 268 g/mol. The van der Waals surface area contributed by atoms with E-state index in [1.165, 1.54) is 11.3 Å². The molecule has 2 rings (SSSR count). The van der Waals surface area contributed by atoms with Crippen molar-refractivity contribution in [2.75, 3.05) is 5.32 Å². The van der Waals surface area contributed by atoms with Crippen LogP contribution in [0.15, 0.2) is 5.38 Å². The summed E-state index contributed by atoms with van der Waals surface area (Å²) in [6.45, 7) is 6.27. The first-order valence-electron chi connectivity index (χ1n) is 6.33. The molecule has 1 heterocycles. The van der Waals surface area contributed by atoms with Crippen molar-refractivity contribution >= 4 is 22.4 Å². The Morgan fingerprint density at radius 1 is 1.50 bits per heavy atom. The number of aliphatic hydroxyl groups is 1. The highest BCUT2D eigenvalue weighted by atomic mass is 32.1. The van der Waals surface area contributed by atoms with E-state index in [9.17, 15) is 9.90 Å². The van der Waals surface area contributed by atoms with Crippen molar-refractivity contribution in [1.29, 1.82) is 0 Å². The van der Waals surface area contributed by atoms with Gasteiger partial charge in [0.1, 0.15) is 0 Å². The third-order valence-electron chi connectivity index (χ3n) is 3.32. The summed E-state index contributed by atoms with van der Waals surface area (Å²) in [5.74, 6) is -0.373. The molecule has 1 aromatic rings. The van der Waals surface area contributed by atoms with Gasteiger partial charge in [0, 0.05) is 10.8 Å². The molecule has 1 aliphatic rings. The number of carbonyl (C=O) groups is 1. The molecule has 18 heavy (non-hydrogen) atoms. The molecule has 0 saturated heterocycles. The SMILES string of the molecule is CC(C)(C)c1csc(NC(=O)C2CCCC2O)n1. The second-order valence-electron chi connectivity index (χ2n) is 5.88. The molecule has 0 aliphatic heterocycles. The summed E-state index contributed by atoms with van der Waals surface area (Å²) in [7, 11) is 0. The van der Waals surface area contributed by atoms with E-state index in [1.54, 1.807) is 0 Å². The summed E-state index contributed by atoms with van der Waals surface area (Å²) in [5, 5.41) is 15.1. The zero-order valence-corrected chi connectivity index (χ0v) is 11.9. The van der Waals surface area contributed by atoms with Gasteiger partial charge in [-0.25, -0.2) is 4.98 Å². The van der Waals surface area contributed by atoms with Crippen LogP contribution in [-0.4, -0.2) is 22.1 Å². The van der Waals surface area contributed by atoms with E-state index in [2.05, 4.69) is 31.1 Å². The third kappa shape index (κ3) is 2.90. The zero-order chi connectivity index (χ0) is 13.3. The first-order chi connectivity index (χ1) is 8.38. The minimum atomic E-state index is -0.493. The summed E-state index contributed by atoms with van der Waals surface area (Å²) >= 11 is 1.44. The van der Waals surface area contributed by atoms with E-state index in [0.717, 1.165) is 25.0 Å². The van der Waals surface area contributed by atoms with Crippen LogP contribution in [0.2, 0.25) is 0 Å². The molecule has 2 atom stereocenters. The predicted molar refractivity (Wildman–Crippen MR) is 72.8 cm³/mol. The number of nitrogens with zero attached hydrogens (tertiary/aromatic N) is 1. The Balaban J connectivity index is 2.01. The maximum atomic E-state index is 12.0. The topological polar surface area (TPSA) is 62.2 Å². The van der Waals surface area contributed by atoms with Gasteiger partial charge in [0.15, 0.2) is 5.13 Å². The number of amides is 1. The number of nitrogens with one attached hydrogen (secondary N) is 1. The standard InChI is InChI=1S/C13H20N2O2S/c1-13(2,3)10-7-18-12(14-10)15-11(17)8-5-4-6-9(8)16/h7-9,16H,4-6H2,1-3H3,(H,14,15,17). The van der Waals surface area contributed by atoms with E-state index in [1.807, 2.05) is 5.38 Å². The van der Waals surface area contributed by atoms with Crippen LogP contribution in [0.4, 0.5) is 5.13 Å². The number of aromatic nitrogens is 1. The van der Waals surface area contributed by atoms with Gasteiger partial charge in [-0.2, -0.15) is 0 Å². The highest BCUT2D eigenvalue weighted by molar-refractivity contribution is 7.13. The molecule has 1 amide bonds. The van der Waals surface area contributed by atoms with Crippen molar-refractivity contribution in [3.8, 4) is 0 Å². The molecule has 100 valence electrons. The molecular formula is C13H20N2O2S. The number of aliphatic hydroxyl groups excluding tert-OH is 1. The summed E-state index contributed by atoms with van der Waals surface area (Å²) in [5.41, 5.74) is 0.974. The lowest BCUT2D eigenvalue weighted by Gasteiger charge is -2.15. The van der Waals surface area contributed by atoms with Gasteiger partial charge in [0.25, 0.3) is 0 Å². The second kappa shape index (κ2) is 4.97. The average Bonchev–Trinajstić information content (AvgIpc) is 2.85. The van der Waals surface area contributed by atoms with Gasteiger partial charge in [-0.05, 0) is 19.3 Å². The van der Waals surface area contributed by atoms with Crippen LogP contribution in [-0.2, 0) is 10.2 Å². The summed E-state index contributed by atoms with van der Waals surface area (Å²) in [6, 6.07) is 0. The lowest BCUT2D eigenvalue weighted by atomic mass is 9.93. The molecule has 1 saturated carbocycles. The van der Waals surface area contributed by atoms with Crippen molar-refractivity contribution in [3.05, 3.63) is 11.1 Å². The Morgan fingerprint density at radius 3 is 2.72 bits per heavy atom. The Labute approximate surface area is 111 Å². The number of carbonyl (C=O) groups excluding carboxylic acids is 1. The molecule has 0 spiro atoms. The van der Waals surface area contributed by atoms with Crippen LogP contribution in [0, 0.1) is 5.92 Å². The van der Waals surface area contributed by atoms with Gasteiger partial charge in [-0.15, -0.1) is 11.3 Å². The second-order valence-corrected chi connectivity index (χ2v) is 6.74. The van der Waals surface area contributed by atoms with Crippen LogP contribution in [0.1, 0.15) is 45.7 Å². The van der Waals surface area contributed by atoms with Crippen molar-refractivity contribution in [3.63, 3.8) is 0 Å². The van der Waals surface area contributed by atoms with Crippen molar-refractivity contribution < 1.29 is 9.90 Å². The van der Waals surface area contributed by atoms with Crippen LogP contribution in [0.3, 0.4) is 0 Å². The van der Waals surface area contributed by atoms with Gasteiger partial charge >= 0.3 is 0 Å². The van der Waals surface area contributed by atoms with Crippen molar-refractivity contribution in [2.45, 2.75) is 51.6 Å². The number of hydrogen-bond donors (Lipinski definition) is 2. The van der Waals surface area contributed by atoms with Gasteiger partial charge in [0.2, 0.25) is 5.91 Å². The number of hydrogen-bond acceptors (Lipinski definition) is 4. The summed E-state index contributed by atoms with van der Waals surface area (Å²) < 4.78 is 0. The van der Waals surface area contributed by atoms with Crippen LogP contribution in [0.25, 0.3) is 0 Å². The molecule has 1 aromatic heterocycles. The Morgan fingerprint density at radius 2 is 2.22 bits per heavy atom. The molecule has 0 radical (unpaired) electrons. The molecule has 1 aliphatic carbocycles. The fraction of sp³-hybridized carbons (Fsp3) is 0.692. The van der Waals surface area contributed by atoms with Gasteiger partial charge in [-0.1, -0.05) is 20.8 Å². The fourth-order valence-electron chi connectivity index (χ4n) is 2.12. The Hall–Kier alpha value is -0.940. The largest absolute Gasteiger partial charge is 0.392 e. The molecule has 0 aromatic carbocycles. The van der Waals surface area contributed by atoms with E-state index in [4.69, 9.17) is 0 Å². The predicted octanol–water partition coefficient (Wildman–Crippen LogP) is 2.54. The fourth-order valence-corrected chi connectivity index (χ4v) is 3.06. The minimum absolute atomic E-state index is 0.00759.